The summed E-state index contributed by atoms with van der Waals surface area (Å²) in [5.74, 6) is 0.0901. The molecule has 1 unspecified atom stereocenters. The molecule has 0 heterocycles. The highest BCUT2D eigenvalue weighted by atomic mass is 16.5. The smallest absolute Gasteiger partial charge is 0.334 e. The predicted molar refractivity (Wildman–Crippen MR) is 63.9 cm³/mol. The number of hydrogen-bond donors (Lipinski definition) is 0. The maximum Gasteiger partial charge on any atom is 0.334 e. The summed E-state index contributed by atoms with van der Waals surface area (Å²) >= 11 is 0. The minimum absolute atomic E-state index is 0.161. The zero-order chi connectivity index (χ0) is 11.7. The third-order valence-corrected chi connectivity index (χ3v) is 2.90. The number of allylic oxidation sites excluding steroid dienone is 1. The van der Waals surface area contributed by atoms with E-state index in [9.17, 15) is 4.79 Å². The maximum atomic E-state index is 11.6. The van der Waals surface area contributed by atoms with E-state index >= 15 is 0 Å². The summed E-state index contributed by atoms with van der Waals surface area (Å²) in [6.07, 6.45) is 0. The lowest BCUT2D eigenvalue weighted by Crippen LogP contribution is -2.02. The van der Waals surface area contributed by atoms with Crippen LogP contribution < -0.4 is 0 Å². The molecule has 2 nitrogen and oxygen atoms in total. The SMILES string of the molecule is CCOC(=O)C1=C(c2cccc(C)c2)C1C. The van der Waals surface area contributed by atoms with Gasteiger partial charge in [0.05, 0.1) is 6.61 Å². The number of esters is 1. The molecule has 2 rings (SSSR count). The Kier molecular flexibility index (Phi) is 2.82. The van der Waals surface area contributed by atoms with E-state index in [0.717, 1.165) is 16.7 Å². The number of ether oxygens (including phenoxy) is 1. The van der Waals surface area contributed by atoms with Gasteiger partial charge in [-0.2, -0.15) is 0 Å². The van der Waals surface area contributed by atoms with E-state index in [0.29, 0.717) is 6.61 Å². The van der Waals surface area contributed by atoms with Crippen LogP contribution in [0.2, 0.25) is 0 Å². The van der Waals surface area contributed by atoms with Crippen molar-refractivity contribution in [2.24, 2.45) is 5.92 Å². The van der Waals surface area contributed by atoms with Gasteiger partial charge in [0, 0.05) is 11.5 Å². The number of carbonyl (C=O) groups excluding carboxylic acids is 1. The second-order valence-corrected chi connectivity index (χ2v) is 4.14. The quantitative estimate of drug-likeness (QED) is 0.726. The molecule has 84 valence electrons. The maximum absolute atomic E-state index is 11.6. The topological polar surface area (TPSA) is 26.3 Å². The molecule has 1 atom stereocenters. The van der Waals surface area contributed by atoms with Crippen LogP contribution in [0.4, 0.5) is 0 Å². The normalized spacial score (nSPS) is 18.6. The molecule has 0 radical (unpaired) electrons. The molecule has 0 bridgehead atoms. The Morgan fingerprint density at radius 2 is 2.19 bits per heavy atom. The molecule has 1 aliphatic carbocycles. The average Bonchev–Trinajstić information content (AvgIpc) is 2.90. The number of hydrogen-bond acceptors (Lipinski definition) is 2. The van der Waals surface area contributed by atoms with Crippen molar-refractivity contribution in [2.75, 3.05) is 6.61 Å². The van der Waals surface area contributed by atoms with E-state index in [1.807, 2.05) is 26.0 Å². The van der Waals surface area contributed by atoms with Gasteiger partial charge in [-0.15, -0.1) is 0 Å². The van der Waals surface area contributed by atoms with Gasteiger partial charge < -0.3 is 4.74 Å². The summed E-state index contributed by atoms with van der Waals surface area (Å²) in [4.78, 5) is 11.6. The van der Waals surface area contributed by atoms with Crippen molar-refractivity contribution < 1.29 is 9.53 Å². The molecule has 1 aliphatic rings. The van der Waals surface area contributed by atoms with Gasteiger partial charge in [0.25, 0.3) is 0 Å². The summed E-state index contributed by atoms with van der Waals surface area (Å²) in [6.45, 7) is 6.37. The molecule has 0 spiro atoms. The van der Waals surface area contributed by atoms with E-state index in [4.69, 9.17) is 4.74 Å². The van der Waals surface area contributed by atoms with E-state index in [1.54, 1.807) is 0 Å². The van der Waals surface area contributed by atoms with Crippen LogP contribution >= 0.6 is 0 Å². The van der Waals surface area contributed by atoms with Gasteiger partial charge >= 0.3 is 5.97 Å². The molecule has 0 saturated heterocycles. The molecule has 0 aliphatic heterocycles. The van der Waals surface area contributed by atoms with Crippen LogP contribution in [0.3, 0.4) is 0 Å². The number of benzene rings is 1. The number of rotatable bonds is 3. The second kappa shape index (κ2) is 4.12. The van der Waals surface area contributed by atoms with Crippen molar-refractivity contribution >= 4 is 11.5 Å². The molecule has 2 heteroatoms. The summed E-state index contributed by atoms with van der Waals surface area (Å²) in [5, 5.41) is 0. The lowest BCUT2D eigenvalue weighted by Gasteiger charge is -1.96. The molecule has 16 heavy (non-hydrogen) atoms. The Balaban J connectivity index is 2.26. The first-order valence-electron chi connectivity index (χ1n) is 5.63. The van der Waals surface area contributed by atoms with E-state index in [2.05, 4.69) is 19.1 Å². The van der Waals surface area contributed by atoms with Gasteiger partial charge in [0.2, 0.25) is 0 Å². The number of carbonyl (C=O) groups is 1. The Morgan fingerprint density at radius 1 is 1.44 bits per heavy atom. The Bertz CT molecular complexity index is 458. The third-order valence-electron chi connectivity index (χ3n) is 2.90. The first kappa shape index (κ1) is 10.9. The molecular formula is C14H16O2. The summed E-state index contributed by atoms with van der Waals surface area (Å²) in [6, 6.07) is 8.23. The van der Waals surface area contributed by atoms with E-state index in [-0.39, 0.29) is 11.9 Å². The molecule has 0 fully saturated rings. The molecule has 1 aromatic rings. The molecule has 0 saturated carbocycles. The van der Waals surface area contributed by atoms with Gasteiger partial charge in [0.15, 0.2) is 0 Å². The fourth-order valence-electron chi connectivity index (χ4n) is 2.05. The lowest BCUT2D eigenvalue weighted by atomic mass is 10.1. The van der Waals surface area contributed by atoms with E-state index < -0.39 is 0 Å². The summed E-state index contributed by atoms with van der Waals surface area (Å²) in [7, 11) is 0. The van der Waals surface area contributed by atoms with Crippen molar-refractivity contribution in [3.05, 3.63) is 41.0 Å². The predicted octanol–water partition coefficient (Wildman–Crippen LogP) is 2.96. The first-order chi connectivity index (χ1) is 7.65. The van der Waals surface area contributed by atoms with Crippen molar-refractivity contribution in [1.82, 2.24) is 0 Å². The van der Waals surface area contributed by atoms with Gasteiger partial charge in [-0.3, -0.25) is 0 Å². The van der Waals surface area contributed by atoms with E-state index in [1.165, 1.54) is 5.56 Å². The zero-order valence-electron chi connectivity index (χ0n) is 9.91. The summed E-state index contributed by atoms with van der Waals surface area (Å²) < 4.78 is 5.02. The fraction of sp³-hybridized carbons (Fsp3) is 0.357. The summed E-state index contributed by atoms with van der Waals surface area (Å²) in [5.41, 5.74) is 4.34. The average molecular weight is 216 g/mol. The minimum atomic E-state index is -0.161. The highest BCUT2D eigenvalue weighted by Crippen LogP contribution is 2.47. The molecular weight excluding hydrogens is 200 g/mol. The highest BCUT2D eigenvalue weighted by Gasteiger charge is 2.39. The zero-order valence-corrected chi connectivity index (χ0v) is 9.91. The van der Waals surface area contributed by atoms with Crippen molar-refractivity contribution in [2.45, 2.75) is 20.8 Å². The van der Waals surface area contributed by atoms with Gasteiger partial charge in [-0.05, 0) is 25.0 Å². The van der Waals surface area contributed by atoms with Gasteiger partial charge in [-0.25, -0.2) is 4.79 Å². The van der Waals surface area contributed by atoms with Crippen LogP contribution in [0.15, 0.2) is 29.8 Å². The van der Waals surface area contributed by atoms with Crippen molar-refractivity contribution in [3.8, 4) is 0 Å². The highest BCUT2D eigenvalue weighted by molar-refractivity contribution is 6.09. The van der Waals surface area contributed by atoms with Crippen LogP contribution in [0.1, 0.15) is 25.0 Å². The van der Waals surface area contributed by atoms with Gasteiger partial charge in [-0.1, -0.05) is 36.8 Å². The Labute approximate surface area is 95.9 Å². The first-order valence-corrected chi connectivity index (χ1v) is 5.63. The Morgan fingerprint density at radius 3 is 2.81 bits per heavy atom. The Hall–Kier alpha value is -1.57. The monoisotopic (exact) mass is 216 g/mol. The standard InChI is InChI=1S/C14H16O2/c1-4-16-14(15)13-10(3)12(13)11-7-5-6-9(2)8-11/h5-8,10H,4H2,1-3H3. The van der Waals surface area contributed by atoms with Crippen molar-refractivity contribution in [3.63, 3.8) is 0 Å². The second-order valence-electron chi connectivity index (χ2n) is 4.14. The fourth-order valence-corrected chi connectivity index (χ4v) is 2.05. The minimum Gasteiger partial charge on any atom is -0.463 e. The van der Waals surface area contributed by atoms with Crippen molar-refractivity contribution in [1.29, 1.82) is 0 Å². The van der Waals surface area contributed by atoms with Crippen LogP contribution in [0.25, 0.3) is 5.57 Å². The van der Waals surface area contributed by atoms with Gasteiger partial charge in [0.1, 0.15) is 0 Å². The third kappa shape index (κ3) is 1.87. The van der Waals surface area contributed by atoms with Crippen LogP contribution in [0.5, 0.6) is 0 Å². The molecule has 0 N–H and O–H groups in total. The molecule has 0 aromatic heterocycles. The molecule has 0 amide bonds. The largest absolute Gasteiger partial charge is 0.463 e. The van der Waals surface area contributed by atoms with Crippen LogP contribution in [0, 0.1) is 12.8 Å². The number of aryl methyl sites for hydroxylation is 1. The molecule has 1 aromatic carbocycles. The van der Waals surface area contributed by atoms with Crippen LogP contribution in [-0.4, -0.2) is 12.6 Å². The van der Waals surface area contributed by atoms with Crippen LogP contribution in [-0.2, 0) is 9.53 Å². The lowest BCUT2D eigenvalue weighted by molar-refractivity contribution is -0.138.